The molecule has 0 bridgehead atoms. The van der Waals surface area contributed by atoms with Crippen molar-refractivity contribution in [2.45, 2.75) is 13.0 Å². The van der Waals surface area contributed by atoms with Gasteiger partial charge in [-0.1, -0.05) is 23.7 Å². The first-order valence-corrected chi connectivity index (χ1v) is 7.68. The van der Waals surface area contributed by atoms with E-state index in [0.29, 0.717) is 35.3 Å². The SMILES string of the molecule is Cc1nn(C)c(C(=O)N(C)C[C@H]2COc3ccccc3O2)c1Cl. The highest BCUT2D eigenvalue weighted by Crippen LogP contribution is 2.31. The van der Waals surface area contributed by atoms with Crippen molar-refractivity contribution in [1.29, 1.82) is 0 Å². The Kier molecular flexibility index (Phi) is 4.17. The molecule has 122 valence electrons. The van der Waals surface area contributed by atoms with Crippen LogP contribution in [0.25, 0.3) is 0 Å². The average molecular weight is 336 g/mol. The van der Waals surface area contributed by atoms with E-state index in [0.717, 1.165) is 5.75 Å². The molecule has 0 saturated heterocycles. The zero-order chi connectivity index (χ0) is 16.6. The van der Waals surface area contributed by atoms with Crippen molar-refractivity contribution < 1.29 is 14.3 Å². The van der Waals surface area contributed by atoms with E-state index in [1.54, 1.807) is 25.9 Å². The lowest BCUT2D eigenvalue weighted by Crippen LogP contribution is -2.42. The van der Waals surface area contributed by atoms with Crippen LogP contribution in [0.3, 0.4) is 0 Å². The second kappa shape index (κ2) is 6.12. The molecule has 0 unspecified atom stereocenters. The maximum absolute atomic E-state index is 12.6. The first-order valence-electron chi connectivity index (χ1n) is 7.30. The molecule has 0 fully saturated rings. The van der Waals surface area contributed by atoms with E-state index in [1.165, 1.54) is 4.68 Å². The monoisotopic (exact) mass is 335 g/mol. The Morgan fingerprint density at radius 1 is 1.43 bits per heavy atom. The van der Waals surface area contributed by atoms with Gasteiger partial charge in [0.05, 0.1) is 17.3 Å². The van der Waals surface area contributed by atoms with E-state index in [2.05, 4.69) is 5.10 Å². The third-order valence-corrected chi connectivity index (χ3v) is 4.20. The maximum Gasteiger partial charge on any atom is 0.273 e. The van der Waals surface area contributed by atoms with Crippen LogP contribution in [0.1, 0.15) is 16.2 Å². The predicted octanol–water partition coefficient (Wildman–Crippen LogP) is 2.29. The lowest BCUT2D eigenvalue weighted by atomic mass is 10.2. The lowest BCUT2D eigenvalue weighted by Gasteiger charge is -2.29. The van der Waals surface area contributed by atoms with Gasteiger partial charge in [0.1, 0.15) is 12.3 Å². The van der Waals surface area contributed by atoms with Crippen molar-refractivity contribution >= 4 is 17.5 Å². The molecule has 23 heavy (non-hydrogen) atoms. The van der Waals surface area contributed by atoms with Crippen LogP contribution in [0, 0.1) is 6.92 Å². The smallest absolute Gasteiger partial charge is 0.273 e. The van der Waals surface area contributed by atoms with Gasteiger partial charge in [0.25, 0.3) is 5.91 Å². The number of rotatable bonds is 3. The fraction of sp³-hybridized carbons (Fsp3) is 0.375. The number of benzene rings is 1. The molecule has 3 rings (SSSR count). The molecule has 1 aliphatic rings. The number of carbonyl (C=O) groups is 1. The molecule has 1 aromatic heterocycles. The van der Waals surface area contributed by atoms with E-state index >= 15 is 0 Å². The lowest BCUT2D eigenvalue weighted by molar-refractivity contribution is 0.0514. The first kappa shape index (κ1) is 15.7. The third-order valence-electron chi connectivity index (χ3n) is 3.74. The fourth-order valence-electron chi connectivity index (χ4n) is 2.59. The number of fused-ring (bicyclic) bond motifs is 1. The minimum Gasteiger partial charge on any atom is -0.486 e. The Hall–Kier alpha value is -2.21. The number of aryl methyl sites for hydroxylation is 2. The number of hydrogen-bond donors (Lipinski definition) is 0. The van der Waals surface area contributed by atoms with Crippen molar-refractivity contribution in [1.82, 2.24) is 14.7 Å². The molecule has 1 aromatic carbocycles. The molecule has 6 nitrogen and oxygen atoms in total. The van der Waals surface area contributed by atoms with Crippen LogP contribution in [0.2, 0.25) is 5.02 Å². The van der Waals surface area contributed by atoms with E-state index in [4.69, 9.17) is 21.1 Å². The second-order valence-corrected chi connectivity index (χ2v) is 5.93. The van der Waals surface area contributed by atoms with Crippen molar-refractivity contribution in [3.8, 4) is 11.5 Å². The maximum atomic E-state index is 12.6. The Labute approximate surface area is 139 Å². The van der Waals surface area contributed by atoms with Gasteiger partial charge in [0.15, 0.2) is 17.6 Å². The van der Waals surface area contributed by atoms with Crippen LogP contribution < -0.4 is 9.47 Å². The number of halogens is 1. The molecule has 0 N–H and O–H groups in total. The summed E-state index contributed by atoms with van der Waals surface area (Å²) in [7, 11) is 3.42. The first-order chi connectivity index (χ1) is 11.0. The summed E-state index contributed by atoms with van der Waals surface area (Å²) in [5.74, 6) is 1.22. The van der Waals surface area contributed by atoms with Crippen LogP contribution in [-0.2, 0) is 7.05 Å². The van der Waals surface area contributed by atoms with Crippen LogP contribution in [-0.4, -0.2) is 46.9 Å². The molecular weight excluding hydrogens is 318 g/mol. The van der Waals surface area contributed by atoms with Gasteiger partial charge in [-0.3, -0.25) is 9.48 Å². The number of hydrogen-bond acceptors (Lipinski definition) is 4. The summed E-state index contributed by atoms with van der Waals surface area (Å²) >= 11 is 6.18. The summed E-state index contributed by atoms with van der Waals surface area (Å²) in [5.41, 5.74) is 1.01. The highest BCUT2D eigenvalue weighted by molar-refractivity contribution is 6.34. The van der Waals surface area contributed by atoms with Gasteiger partial charge in [-0.05, 0) is 19.1 Å². The number of nitrogens with zero attached hydrogens (tertiary/aromatic N) is 3. The van der Waals surface area contributed by atoms with Crippen LogP contribution in [0.15, 0.2) is 24.3 Å². The normalized spacial score (nSPS) is 16.3. The van der Waals surface area contributed by atoms with E-state index in [1.807, 2.05) is 24.3 Å². The largest absolute Gasteiger partial charge is 0.486 e. The van der Waals surface area contributed by atoms with Gasteiger partial charge in [0, 0.05) is 14.1 Å². The van der Waals surface area contributed by atoms with Crippen molar-refractivity contribution in [3.05, 3.63) is 40.7 Å². The standard InChI is InChI=1S/C16H18ClN3O3/c1-10-14(17)15(20(3)18-10)16(21)19(2)8-11-9-22-12-6-4-5-7-13(12)23-11/h4-7,11H,8-9H2,1-3H3/t11-/m0/s1. The minimum atomic E-state index is -0.230. The van der Waals surface area contributed by atoms with Gasteiger partial charge in [-0.25, -0.2) is 0 Å². The fourth-order valence-corrected chi connectivity index (χ4v) is 2.83. The number of para-hydroxylation sites is 2. The average Bonchev–Trinajstić information content (AvgIpc) is 2.79. The highest BCUT2D eigenvalue weighted by atomic mass is 35.5. The number of aromatic nitrogens is 2. The highest BCUT2D eigenvalue weighted by Gasteiger charge is 2.27. The second-order valence-electron chi connectivity index (χ2n) is 5.55. The van der Waals surface area contributed by atoms with Gasteiger partial charge in [-0.15, -0.1) is 0 Å². The summed E-state index contributed by atoms with van der Waals surface area (Å²) in [6, 6.07) is 7.49. The van der Waals surface area contributed by atoms with Crippen LogP contribution >= 0.6 is 11.6 Å². The van der Waals surface area contributed by atoms with E-state index in [-0.39, 0.29) is 12.0 Å². The van der Waals surface area contributed by atoms with E-state index in [9.17, 15) is 4.79 Å². The number of amides is 1. The summed E-state index contributed by atoms with van der Waals surface area (Å²) in [5, 5.41) is 4.56. The van der Waals surface area contributed by atoms with Crippen LogP contribution in [0.5, 0.6) is 11.5 Å². The summed E-state index contributed by atoms with van der Waals surface area (Å²) < 4.78 is 13.1. The molecule has 7 heteroatoms. The zero-order valence-electron chi connectivity index (χ0n) is 13.2. The third kappa shape index (κ3) is 2.99. The molecule has 2 aromatic rings. The zero-order valence-corrected chi connectivity index (χ0v) is 14.0. The molecule has 0 spiro atoms. The van der Waals surface area contributed by atoms with Gasteiger partial charge in [-0.2, -0.15) is 5.10 Å². The van der Waals surface area contributed by atoms with Crippen molar-refractivity contribution in [2.24, 2.45) is 7.05 Å². The van der Waals surface area contributed by atoms with E-state index < -0.39 is 0 Å². The van der Waals surface area contributed by atoms with Gasteiger partial charge >= 0.3 is 0 Å². The van der Waals surface area contributed by atoms with Crippen molar-refractivity contribution in [2.75, 3.05) is 20.2 Å². The predicted molar refractivity (Wildman–Crippen MR) is 86.3 cm³/mol. The minimum absolute atomic E-state index is 0.194. The number of likely N-dealkylation sites (N-methyl/N-ethyl adjacent to an activating group) is 1. The molecule has 0 aliphatic carbocycles. The molecule has 1 atom stereocenters. The Balaban J connectivity index is 1.70. The Morgan fingerprint density at radius 3 is 2.78 bits per heavy atom. The molecular formula is C16H18ClN3O3. The molecule has 2 heterocycles. The number of carbonyl (C=O) groups excluding carboxylic acids is 1. The van der Waals surface area contributed by atoms with Gasteiger partial charge in [0.2, 0.25) is 0 Å². The number of ether oxygens (including phenoxy) is 2. The van der Waals surface area contributed by atoms with Gasteiger partial charge < -0.3 is 14.4 Å². The molecule has 1 amide bonds. The molecule has 0 saturated carbocycles. The molecule has 0 radical (unpaired) electrons. The Bertz CT molecular complexity index is 744. The summed E-state index contributed by atoms with van der Waals surface area (Å²) in [6.07, 6.45) is -0.230. The Morgan fingerprint density at radius 2 is 2.13 bits per heavy atom. The molecule has 1 aliphatic heterocycles. The van der Waals surface area contributed by atoms with Crippen LogP contribution in [0.4, 0.5) is 0 Å². The topological polar surface area (TPSA) is 56.6 Å². The quantitative estimate of drug-likeness (QED) is 0.863. The van der Waals surface area contributed by atoms with Crippen molar-refractivity contribution in [3.63, 3.8) is 0 Å². The summed E-state index contributed by atoms with van der Waals surface area (Å²) in [6.45, 7) is 2.56. The summed E-state index contributed by atoms with van der Waals surface area (Å²) in [4.78, 5) is 14.2.